The van der Waals surface area contributed by atoms with Crippen molar-refractivity contribution in [3.63, 3.8) is 0 Å². The van der Waals surface area contributed by atoms with Gasteiger partial charge >= 0.3 is 0 Å². The van der Waals surface area contributed by atoms with E-state index >= 15 is 0 Å². The Bertz CT molecular complexity index is 297. The topological polar surface area (TPSA) is 15.3 Å². The molecule has 0 saturated carbocycles. The maximum atomic E-state index is 3.20. The Morgan fingerprint density at radius 2 is 1.87 bits per heavy atom. The summed E-state index contributed by atoms with van der Waals surface area (Å²) in [4.78, 5) is 2.47. The van der Waals surface area contributed by atoms with Crippen molar-refractivity contribution in [3.8, 4) is 0 Å². The van der Waals surface area contributed by atoms with E-state index in [1.807, 2.05) is 7.05 Å². The van der Waals surface area contributed by atoms with Gasteiger partial charge in [-0.3, -0.25) is 0 Å². The first kappa shape index (κ1) is 10.7. The largest absolute Gasteiger partial charge is 0.318 e. The van der Waals surface area contributed by atoms with Crippen molar-refractivity contribution in [2.75, 3.05) is 27.2 Å². The molecule has 0 bridgehead atoms. The highest BCUT2D eigenvalue weighted by Crippen LogP contribution is 2.24. The van der Waals surface area contributed by atoms with E-state index in [1.54, 1.807) is 11.1 Å². The molecule has 15 heavy (non-hydrogen) atoms. The maximum Gasteiger partial charge on any atom is 0.0174 e. The highest BCUT2D eigenvalue weighted by Gasteiger charge is 2.23. The standard InChI is InChI=1S/C13H20N2/c1-14-7-8-15(2)13-9-11-5-3-4-6-12(11)10-13/h3-6,13-14H,7-10H2,1-2H3. The van der Waals surface area contributed by atoms with Gasteiger partial charge in [0.05, 0.1) is 0 Å². The lowest BCUT2D eigenvalue weighted by atomic mass is 10.1. The Morgan fingerprint density at radius 1 is 1.27 bits per heavy atom. The lowest BCUT2D eigenvalue weighted by Gasteiger charge is -2.23. The molecule has 0 heterocycles. The van der Waals surface area contributed by atoms with Gasteiger partial charge in [-0.15, -0.1) is 0 Å². The van der Waals surface area contributed by atoms with Gasteiger partial charge in [-0.25, -0.2) is 0 Å². The average Bonchev–Trinajstić information content (AvgIpc) is 2.69. The van der Waals surface area contributed by atoms with E-state index in [0.717, 1.165) is 13.1 Å². The number of benzene rings is 1. The van der Waals surface area contributed by atoms with E-state index in [0.29, 0.717) is 6.04 Å². The number of nitrogens with one attached hydrogen (secondary N) is 1. The van der Waals surface area contributed by atoms with Crippen LogP contribution < -0.4 is 5.32 Å². The van der Waals surface area contributed by atoms with Gasteiger partial charge in [0.2, 0.25) is 0 Å². The van der Waals surface area contributed by atoms with Gasteiger partial charge in [-0.05, 0) is 38.1 Å². The highest BCUT2D eigenvalue weighted by molar-refractivity contribution is 5.33. The van der Waals surface area contributed by atoms with Crippen molar-refractivity contribution in [2.24, 2.45) is 0 Å². The molecule has 0 aromatic heterocycles. The van der Waals surface area contributed by atoms with Gasteiger partial charge in [0, 0.05) is 19.1 Å². The molecule has 0 radical (unpaired) electrons. The van der Waals surface area contributed by atoms with E-state index in [-0.39, 0.29) is 0 Å². The molecule has 0 aliphatic heterocycles. The summed E-state index contributed by atoms with van der Waals surface area (Å²) >= 11 is 0. The van der Waals surface area contributed by atoms with Gasteiger partial charge in [0.25, 0.3) is 0 Å². The number of hydrogen-bond donors (Lipinski definition) is 1. The highest BCUT2D eigenvalue weighted by atomic mass is 15.1. The molecule has 1 aliphatic rings. The fraction of sp³-hybridized carbons (Fsp3) is 0.538. The van der Waals surface area contributed by atoms with Crippen molar-refractivity contribution in [1.29, 1.82) is 0 Å². The van der Waals surface area contributed by atoms with Gasteiger partial charge in [-0.2, -0.15) is 0 Å². The second-order valence-electron chi connectivity index (χ2n) is 4.41. The first-order valence-corrected chi connectivity index (χ1v) is 5.73. The summed E-state index contributed by atoms with van der Waals surface area (Å²) in [5.41, 5.74) is 3.08. The molecule has 82 valence electrons. The summed E-state index contributed by atoms with van der Waals surface area (Å²) in [5.74, 6) is 0. The Labute approximate surface area is 92.3 Å². The normalized spacial score (nSPS) is 15.9. The zero-order chi connectivity index (χ0) is 10.7. The third-order valence-electron chi connectivity index (χ3n) is 3.37. The van der Waals surface area contributed by atoms with Gasteiger partial charge in [-0.1, -0.05) is 24.3 Å². The zero-order valence-corrected chi connectivity index (χ0v) is 9.66. The van der Waals surface area contributed by atoms with Gasteiger partial charge in [0.15, 0.2) is 0 Å². The number of likely N-dealkylation sites (N-methyl/N-ethyl adjacent to an activating group) is 2. The van der Waals surface area contributed by atoms with Crippen LogP contribution in [0.1, 0.15) is 11.1 Å². The molecule has 0 fully saturated rings. The summed E-state index contributed by atoms with van der Waals surface area (Å²) in [6, 6.07) is 9.53. The summed E-state index contributed by atoms with van der Waals surface area (Å²) < 4.78 is 0. The molecule has 2 rings (SSSR count). The molecule has 0 spiro atoms. The summed E-state index contributed by atoms with van der Waals surface area (Å²) in [7, 11) is 4.24. The van der Waals surface area contributed by atoms with Gasteiger partial charge < -0.3 is 10.2 Å². The molecule has 0 amide bonds. The van der Waals surface area contributed by atoms with Crippen LogP contribution >= 0.6 is 0 Å². The molecular formula is C13H20N2. The van der Waals surface area contributed by atoms with Crippen LogP contribution in [0, 0.1) is 0 Å². The number of rotatable bonds is 4. The van der Waals surface area contributed by atoms with Crippen molar-refractivity contribution in [1.82, 2.24) is 10.2 Å². The number of fused-ring (bicyclic) bond motifs is 1. The maximum absolute atomic E-state index is 3.20. The predicted octanol–water partition coefficient (Wildman–Crippen LogP) is 1.30. The second-order valence-corrected chi connectivity index (χ2v) is 4.41. The third-order valence-corrected chi connectivity index (χ3v) is 3.37. The first-order chi connectivity index (χ1) is 7.31. The van der Waals surface area contributed by atoms with E-state index < -0.39 is 0 Å². The molecule has 1 aromatic carbocycles. The lowest BCUT2D eigenvalue weighted by molar-refractivity contribution is 0.251. The van der Waals surface area contributed by atoms with E-state index in [2.05, 4.69) is 41.5 Å². The Morgan fingerprint density at radius 3 is 2.40 bits per heavy atom. The van der Waals surface area contributed by atoms with Crippen LogP contribution in [0.15, 0.2) is 24.3 Å². The summed E-state index contributed by atoms with van der Waals surface area (Å²) in [6.45, 7) is 2.21. The van der Waals surface area contributed by atoms with Crippen molar-refractivity contribution in [2.45, 2.75) is 18.9 Å². The van der Waals surface area contributed by atoms with Crippen LogP contribution in [0.4, 0.5) is 0 Å². The van der Waals surface area contributed by atoms with Crippen molar-refractivity contribution >= 4 is 0 Å². The van der Waals surface area contributed by atoms with Crippen LogP contribution in [0.25, 0.3) is 0 Å². The van der Waals surface area contributed by atoms with Crippen LogP contribution in [-0.2, 0) is 12.8 Å². The monoisotopic (exact) mass is 204 g/mol. The fourth-order valence-corrected chi connectivity index (χ4v) is 2.32. The molecule has 1 aliphatic carbocycles. The zero-order valence-electron chi connectivity index (χ0n) is 9.66. The molecule has 0 saturated heterocycles. The Hall–Kier alpha value is -0.860. The smallest absolute Gasteiger partial charge is 0.0174 e. The third kappa shape index (κ3) is 2.39. The van der Waals surface area contributed by atoms with Crippen LogP contribution in [-0.4, -0.2) is 38.1 Å². The molecule has 0 atom stereocenters. The Kier molecular flexibility index (Phi) is 3.39. The van der Waals surface area contributed by atoms with Crippen molar-refractivity contribution < 1.29 is 0 Å². The fourth-order valence-electron chi connectivity index (χ4n) is 2.32. The Balaban J connectivity index is 1.94. The van der Waals surface area contributed by atoms with Crippen LogP contribution in [0.2, 0.25) is 0 Å². The first-order valence-electron chi connectivity index (χ1n) is 5.73. The van der Waals surface area contributed by atoms with Crippen LogP contribution in [0.3, 0.4) is 0 Å². The minimum Gasteiger partial charge on any atom is -0.318 e. The molecule has 1 N–H and O–H groups in total. The summed E-state index contributed by atoms with van der Waals surface area (Å²) in [6.07, 6.45) is 2.44. The average molecular weight is 204 g/mol. The van der Waals surface area contributed by atoms with E-state index in [4.69, 9.17) is 0 Å². The minimum atomic E-state index is 0.704. The lowest BCUT2D eigenvalue weighted by Crippen LogP contribution is -2.36. The molecule has 0 unspecified atom stereocenters. The van der Waals surface area contributed by atoms with Gasteiger partial charge in [0.1, 0.15) is 0 Å². The molecule has 2 nitrogen and oxygen atoms in total. The second kappa shape index (κ2) is 4.77. The summed E-state index contributed by atoms with van der Waals surface area (Å²) in [5, 5.41) is 3.20. The van der Waals surface area contributed by atoms with Crippen molar-refractivity contribution in [3.05, 3.63) is 35.4 Å². The SMILES string of the molecule is CNCCN(C)C1Cc2ccccc2C1. The minimum absolute atomic E-state index is 0.704. The van der Waals surface area contributed by atoms with E-state index in [9.17, 15) is 0 Å². The van der Waals surface area contributed by atoms with E-state index in [1.165, 1.54) is 12.8 Å². The molecule has 1 aromatic rings. The molecular weight excluding hydrogens is 184 g/mol. The van der Waals surface area contributed by atoms with Crippen LogP contribution in [0.5, 0.6) is 0 Å². The predicted molar refractivity (Wildman–Crippen MR) is 64.2 cm³/mol. The quantitative estimate of drug-likeness (QED) is 0.795. The molecule has 2 heteroatoms. The number of hydrogen-bond acceptors (Lipinski definition) is 2. The number of nitrogens with zero attached hydrogens (tertiary/aromatic N) is 1.